The zero-order valence-corrected chi connectivity index (χ0v) is 9.44. The molecule has 1 rings (SSSR count). The lowest BCUT2D eigenvalue weighted by Crippen LogP contribution is -2.41. The van der Waals surface area contributed by atoms with E-state index in [2.05, 4.69) is 18.7 Å². The molecule has 2 atom stereocenters. The number of nitrogens with two attached hydrogens (primary N) is 1. The molecule has 1 heterocycles. The molecule has 2 unspecified atom stereocenters. The molecule has 0 aromatic rings. The van der Waals surface area contributed by atoms with Gasteiger partial charge in [0, 0.05) is 19.0 Å². The maximum atomic E-state index is 5.49. The van der Waals surface area contributed by atoms with E-state index in [0.717, 1.165) is 18.9 Å². The second-order valence-electron chi connectivity index (χ2n) is 4.23. The number of rotatable bonds is 3. The van der Waals surface area contributed by atoms with E-state index < -0.39 is 0 Å². The van der Waals surface area contributed by atoms with Gasteiger partial charge in [0.2, 0.25) is 0 Å². The number of hydrogen-bond acceptors (Lipinski definition) is 2. The van der Waals surface area contributed by atoms with Crippen LogP contribution in [0.3, 0.4) is 0 Å². The second-order valence-corrected chi connectivity index (χ2v) is 4.76. The van der Waals surface area contributed by atoms with Crippen LogP contribution in [0.15, 0.2) is 0 Å². The van der Waals surface area contributed by atoms with Crippen LogP contribution >= 0.6 is 12.2 Å². The SMILES string of the molecule is CC1CCN(CCC(N)=S)C(C)C1. The summed E-state index contributed by atoms with van der Waals surface area (Å²) in [6.45, 7) is 6.89. The first-order valence-corrected chi connectivity index (χ1v) is 5.52. The number of hydrogen-bond donors (Lipinski definition) is 1. The summed E-state index contributed by atoms with van der Waals surface area (Å²) in [6, 6.07) is 0.707. The first-order valence-electron chi connectivity index (χ1n) is 5.12. The van der Waals surface area contributed by atoms with Crippen molar-refractivity contribution in [2.45, 2.75) is 39.2 Å². The van der Waals surface area contributed by atoms with Crippen LogP contribution in [0.2, 0.25) is 0 Å². The third kappa shape index (κ3) is 3.61. The van der Waals surface area contributed by atoms with Gasteiger partial charge in [-0.25, -0.2) is 0 Å². The smallest absolute Gasteiger partial charge is 0.0740 e. The van der Waals surface area contributed by atoms with Gasteiger partial charge in [-0.15, -0.1) is 0 Å². The lowest BCUT2D eigenvalue weighted by atomic mass is 9.93. The average Bonchev–Trinajstić information content (AvgIpc) is 2.02. The van der Waals surface area contributed by atoms with Crippen molar-refractivity contribution in [1.29, 1.82) is 0 Å². The zero-order valence-electron chi connectivity index (χ0n) is 8.62. The lowest BCUT2D eigenvalue weighted by Gasteiger charge is -2.36. The fourth-order valence-corrected chi connectivity index (χ4v) is 2.13. The molecule has 1 fully saturated rings. The minimum absolute atomic E-state index is 0.644. The highest BCUT2D eigenvalue weighted by Gasteiger charge is 2.21. The molecule has 0 radical (unpaired) electrons. The summed E-state index contributed by atoms with van der Waals surface area (Å²) < 4.78 is 0. The summed E-state index contributed by atoms with van der Waals surface area (Å²) >= 11 is 4.88. The maximum Gasteiger partial charge on any atom is 0.0740 e. The van der Waals surface area contributed by atoms with Gasteiger partial charge in [0.05, 0.1) is 4.99 Å². The van der Waals surface area contributed by atoms with E-state index in [4.69, 9.17) is 18.0 Å². The molecule has 2 nitrogen and oxygen atoms in total. The number of piperidine rings is 1. The van der Waals surface area contributed by atoms with E-state index in [-0.39, 0.29) is 0 Å². The van der Waals surface area contributed by atoms with Crippen molar-refractivity contribution in [3.63, 3.8) is 0 Å². The van der Waals surface area contributed by atoms with Gasteiger partial charge in [0.15, 0.2) is 0 Å². The molecule has 0 spiro atoms. The Hall–Kier alpha value is -0.150. The largest absolute Gasteiger partial charge is 0.393 e. The molecule has 2 N–H and O–H groups in total. The Bertz CT molecular complexity index is 182. The Morgan fingerprint density at radius 3 is 2.77 bits per heavy atom. The van der Waals surface area contributed by atoms with Crippen LogP contribution in [0, 0.1) is 5.92 Å². The number of likely N-dealkylation sites (tertiary alicyclic amines) is 1. The molecular formula is C10H20N2S. The number of nitrogens with zero attached hydrogens (tertiary/aromatic N) is 1. The average molecular weight is 200 g/mol. The molecule has 0 aromatic carbocycles. The van der Waals surface area contributed by atoms with Crippen LogP contribution in [0.1, 0.15) is 33.1 Å². The van der Waals surface area contributed by atoms with E-state index in [9.17, 15) is 0 Å². The predicted molar refractivity (Wildman–Crippen MR) is 60.8 cm³/mol. The summed E-state index contributed by atoms with van der Waals surface area (Å²) in [4.78, 5) is 3.14. The molecule has 1 saturated heterocycles. The quantitative estimate of drug-likeness (QED) is 0.704. The van der Waals surface area contributed by atoms with E-state index in [1.165, 1.54) is 19.4 Å². The minimum Gasteiger partial charge on any atom is -0.393 e. The van der Waals surface area contributed by atoms with Gasteiger partial charge in [-0.2, -0.15) is 0 Å². The fourth-order valence-electron chi connectivity index (χ4n) is 2.04. The van der Waals surface area contributed by atoms with Gasteiger partial charge in [0.25, 0.3) is 0 Å². The minimum atomic E-state index is 0.644. The van der Waals surface area contributed by atoms with Gasteiger partial charge >= 0.3 is 0 Å². The maximum absolute atomic E-state index is 5.49. The Morgan fingerprint density at radius 2 is 2.23 bits per heavy atom. The highest BCUT2D eigenvalue weighted by atomic mass is 32.1. The second kappa shape index (κ2) is 4.91. The summed E-state index contributed by atoms with van der Waals surface area (Å²) in [5.41, 5.74) is 5.49. The van der Waals surface area contributed by atoms with E-state index in [0.29, 0.717) is 11.0 Å². The molecule has 0 aromatic heterocycles. The van der Waals surface area contributed by atoms with Crippen LogP contribution in [-0.2, 0) is 0 Å². The van der Waals surface area contributed by atoms with Crippen LogP contribution in [0.5, 0.6) is 0 Å². The van der Waals surface area contributed by atoms with Crippen molar-refractivity contribution < 1.29 is 0 Å². The Balaban J connectivity index is 2.29. The summed E-state index contributed by atoms with van der Waals surface area (Å²) in [7, 11) is 0. The molecular weight excluding hydrogens is 180 g/mol. The molecule has 1 aliphatic heterocycles. The highest BCUT2D eigenvalue weighted by molar-refractivity contribution is 7.80. The van der Waals surface area contributed by atoms with Crippen molar-refractivity contribution >= 4 is 17.2 Å². The molecule has 76 valence electrons. The standard InChI is InChI=1S/C10H20N2S/c1-8-3-5-12(9(2)7-8)6-4-10(11)13/h8-9H,3-7H2,1-2H3,(H2,11,13). The van der Waals surface area contributed by atoms with Crippen molar-refractivity contribution in [3.8, 4) is 0 Å². The van der Waals surface area contributed by atoms with Gasteiger partial charge in [-0.1, -0.05) is 19.1 Å². The van der Waals surface area contributed by atoms with E-state index >= 15 is 0 Å². The highest BCUT2D eigenvalue weighted by Crippen LogP contribution is 2.21. The third-order valence-corrected chi connectivity index (χ3v) is 3.13. The first-order chi connectivity index (χ1) is 6.09. The number of thiocarbonyl (C=S) groups is 1. The van der Waals surface area contributed by atoms with Crippen LogP contribution in [0.4, 0.5) is 0 Å². The summed E-state index contributed by atoms with van der Waals surface area (Å²) in [5.74, 6) is 0.885. The van der Waals surface area contributed by atoms with Gasteiger partial charge in [-0.3, -0.25) is 0 Å². The normalized spacial score (nSPS) is 30.3. The molecule has 0 bridgehead atoms. The van der Waals surface area contributed by atoms with Crippen LogP contribution in [-0.4, -0.2) is 29.0 Å². The van der Waals surface area contributed by atoms with Crippen molar-refractivity contribution in [2.24, 2.45) is 11.7 Å². The molecule has 0 amide bonds. The monoisotopic (exact) mass is 200 g/mol. The molecule has 0 saturated carbocycles. The van der Waals surface area contributed by atoms with Crippen molar-refractivity contribution in [2.75, 3.05) is 13.1 Å². The Morgan fingerprint density at radius 1 is 1.54 bits per heavy atom. The Labute approximate surface area is 86.5 Å². The first kappa shape index (κ1) is 10.9. The zero-order chi connectivity index (χ0) is 9.84. The topological polar surface area (TPSA) is 29.3 Å². The lowest BCUT2D eigenvalue weighted by molar-refractivity contribution is 0.133. The van der Waals surface area contributed by atoms with Crippen molar-refractivity contribution in [3.05, 3.63) is 0 Å². The van der Waals surface area contributed by atoms with E-state index in [1.54, 1.807) is 0 Å². The van der Waals surface area contributed by atoms with Gasteiger partial charge in [0.1, 0.15) is 0 Å². The fraction of sp³-hybridized carbons (Fsp3) is 0.900. The third-order valence-electron chi connectivity index (χ3n) is 2.92. The van der Waals surface area contributed by atoms with Gasteiger partial charge in [-0.05, 0) is 32.2 Å². The van der Waals surface area contributed by atoms with Crippen LogP contribution < -0.4 is 5.73 Å². The molecule has 3 heteroatoms. The molecule has 0 aliphatic carbocycles. The van der Waals surface area contributed by atoms with Crippen molar-refractivity contribution in [1.82, 2.24) is 4.90 Å². The molecule has 13 heavy (non-hydrogen) atoms. The predicted octanol–water partition coefficient (Wildman–Crippen LogP) is 1.78. The summed E-state index contributed by atoms with van der Waals surface area (Å²) in [6.07, 6.45) is 3.51. The summed E-state index contributed by atoms with van der Waals surface area (Å²) in [5, 5.41) is 0. The Kier molecular flexibility index (Phi) is 4.13. The molecule has 1 aliphatic rings. The van der Waals surface area contributed by atoms with E-state index in [1.807, 2.05) is 0 Å². The van der Waals surface area contributed by atoms with Gasteiger partial charge < -0.3 is 10.6 Å². The van der Waals surface area contributed by atoms with Crippen LogP contribution in [0.25, 0.3) is 0 Å².